The van der Waals surface area contributed by atoms with E-state index in [1.54, 1.807) is 13.8 Å². The van der Waals surface area contributed by atoms with Crippen LogP contribution in [0.2, 0.25) is 0 Å². The number of rotatable bonds is 3. The van der Waals surface area contributed by atoms with Crippen LogP contribution in [0.4, 0.5) is 0 Å². The molecular weight excluding hydrogens is 234 g/mol. The quantitative estimate of drug-likeness (QED) is 0.762. The number of thiocarbonyl (C=S) groups is 1. The third kappa shape index (κ3) is 2.96. The SMILES string of the molecule is CCN1CCN(C(=O)C(C)(C)C(N)=S)CC1C. The van der Waals surface area contributed by atoms with Crippen molar-refractivity contribution in [3.8, 4) is 0 Å². The maximum Gasteiger partial charge on any atom is 0.235 e. The van der Waals surface area contributed by atoms with E-state index in [-0.39, 0.29) is 10.9 Å². The lowest BCUT2D eigenvalue weighted by Gasteiger charge is -2.41. The smallest absolute Gasteiger partial charge is 0.235 e. The zero-order valence-electron chi connectivity index (χ0n) is 11.2. The molecule has 0 aromatic heterocycles. The molecular formula is C12H23N3OS. The monoisotopic (exact) mass is 257 g/mol. The van der Waals surface area contributed by atoms with Gasteiger partial charge in [0.05, 0.1) is 10.4 Å². The van der Waals surface area contributed by atoms with Crippen LogP contribution in [-0.4, -0.2) is 52.9 Å². The second-order valence-corrected chi connectivity index (χ2v) is 5.66. The third-order valence-corrected chi connectivity index (χ3v) is 4.12. The molecule has 1 amide bonds. The van der Waals surface area contributed by atoms with Crippen LogP contribution >= 0.6 is 12.2 Å². The average Bonchev–Trinajstić information content (AvgIpc) is 2.27. The molecule has 5 heteroatoms. The fourth-order valence-electron chi connectivity index (χ4n) is 2.15. The summed E-state index contributed by atoms with van der Waals surface area (Å²) in [4.78, 5) is 16.9. The Labute approximate surface area is 109 Å². The predicted molar refractivity (Wildman–Crippen MR) is 73.9 cm³/mol. The highest BCUT2D eigenvalue weighted by molar-refractivity contribution is 7.80. The zero-order valence-corrected chi connectivity index (χ0v) is 12.0. The van der Waals surface area contributed by atoms with Gasteiger partial charge < -0.3 is 10.6 Å². The van der Waals surface area contributed by atoms with E-state index < -0.39 is 5.41 Å². The van der Waals surface area contributed by atoms with Crippen molar-refractivity contribution in [3.63, 3.8) is 0 Å². The fourth-order valence-corrected chi connectivity index (χ4v) is 2.24. The normalized spacial score (nSPS) is 22.6. The summed E-state index contributed by atoms with van der Waals surface area (Å²) in [6.07, 6.45) is 0. The highest BCUT2D eigenvalue weighted by Gasteiger charge is 2.37. The molecule has 0 radical (unpaired) electrons. The first-order valence-electron chi connectivity index (χ1n) is 6.14. The molecule has 1 atom stereocenters. The van der Waals surface area contributed by atoms with Gasteiger partial charge in [-0.2, -0.15) is 0 Å². The number of amides is 1. The number of carbonyl (C=O) groups excluding carboxylic acids is 1. The first-order chi connectivity index (χ1) is 7.80. The molecule has 1 fully saturated rings. The van der Waals surface area contributed by atoms with Crippen molar-refractivity contribution < 1.29 is 4.79 Å². The molecule has 1 aliphatic heterocycles. The van der Waals surface area contributed by atoms with E-state index in [9.17, 15) is 4.79 Å². The van der Waals surface area contributed by atoms with Gasteiger partial charge in [-0.15, -0.1) is 0 Å². The topological polar surface area (TPSA) is 49.6 Å². The zero-order chi connectivity index (χ0) is 13.2. The van der Waals surface area contributed by atoms with Crippen LogP contribution in [0.25, 0.3) is 0 Å². The minimum atomic E-state index is -0.733. The number of piperazine rings is 1. The van der Waals surface area contributed by atoms with Crippen molar-refractivity contribution in [1.82, 2.24) is 9.80 Å². The van der Waals surface area contributed by atoms with Crippen molar-refractivity contribution in [2.45, 2.75) is 33.7 Å². The van der Waals surface area contributed by atoms with Crippen LogP contribution in [0.1, 0.15) is 27.7 Å². The van der Waals surface area contributed by atoms with E-state index in [1.807, 2.05) is 4.90 Å². The van der Waals surface area contributed by atoms with Gasteiger partial charge in [-0.05, 0) is 27.3 Å². The molecule has 0 bridgehead atoms. The van der Waals surface area contributed by atoms with Crippen molar-refractivity contribution in [3.05, 3.63) is 0 Å². The fraction of sp³-hybridized carbons (Fsp3) is 0.833. The molecule has 4 nitrogen and oxygen atoms in total. The molecule has 0 aliphatic carbocycles. The number of nitrogens with zero attached hydrogens (tertiary/aromatic N) is 2. The summed E-state index contributed by atoms with van der Waals surface area (Å²) >= 11 is 4.97. The Bertz CT molecular complexity index is 317. The Hall–Kier alpha value is -0.680. The van der Waals surface area contributed by atoms with Crippen LogP contribution in [0, 0.1) is 5.41 Å². The standard InChI is InChI=1S/C12H23N3OS/c1-5-14-6-7-15(8-9(14)2)11(16)12(3,4)10(13)17/h9H,5-8H2,1-4H3,(H2,13,17). The highest BCUT2D eigenvalue weighted by atomic mass is 32.1. The summed E-state index contributed by atoms with van der Waals surface area (Å²) < 4.78 is 0. The van der Waals surface area contributed by atoms with Crippen molar-refractivity contribution in [2.24, 2.45) is 11.1 Å². The Morgan fingerprint density at radius 1 is 1.47 bits per heavy atom. The van der Waals surface area contributed by atoms with Crippen molar-refractivity contribution in [1.29, 1.82) is 0 Å². The van der Waals surface area contributed by atoms with Crippen LogP contribution in [-0.2, 0) is 4.79 Å². The molecule has 1 aliphatic rings. The van der Waals surface area contributed by atoms with E-state index in [0.29, 0.717) is 6.04 Å². The van der Waals surface area contributed by atoms with E-state index in [1.165, 1.54) is 0 Å². The molecule has 1 saturated heterocycles. The lowest BCUT2D eigenvalue weighted by Crippen LogP contribution is -2.57. The average molecular weight is 257 g/mol. The van der Waals surface area contributed by atoms with Gasteiger partial charge in [-0.1, -0.05) is 19.1 Å². The highest BCUT2D eigenvalue weighted by Crippen LogP contribution is 2.21. The van der Waals surface area contributed by atoms with Gasteiger partial charge >= 0.3 is 0 Å². The van der Waals surface area contributed by atoms with E-state index in [2.05, 4.69) is 18.7 Å². The second kappa shape index (κ2) is 5.31. The molecule has 0 aromatic rings. The first kappa shape index (κ1) is 14.4. The first-order valence-corrected chi connectivity index (χ1v) is 6.54. The largest absolute Gasteiger partial charge is 0.392 e. The second-order valence-electron chi connectivity index (χ2n) is 5.22. The van der Waals surface area contributed by atoms with E-state index >= 15 is 0 Å². The van der Waals surface area contributed by atoms with E-state index in [4.69, 9.17) is 18.0 Å². The number of hydrogen-bond acceptors (Lipinski definition) is 3. The number of hydrogen-bond donors (Lipinski definition) is 1. The van der Waals surface area contributed by atoms with Gasteiger partial charge in [0.25, 0.3) is 0 Å². The summed E-state index contributed by atoms with van der Waals surface area (Å²) in [7, 11) is 0. The Morgan fingerprint density at radius 3 is 2.47 bits per heavy atom. The Kier molecular flexibility index (Phi) is 4.49. The lowest BCUT2D eigenvalue weighted by molar-refractivity contribution is -0.139. The van der Waals surface area contributed by atoms with Crippen LogP contribution < -0.4 is 5.73 Å². The third-order valence-electron chi connectivity index (χ3n) is 3.61. The van der Waals surface area contributed by atoms with E-state index in [0.717, 1.165) is 26.2 Å². The predicted octanol–water partition coefficient (Wildman–Crippen LogP) is 0.851. The molecule has 2 N–H and O–H groups in total. The van der Waals surface area contributed by atoms with Crippen molar-refractivity contribution in [2.75, 3.05) is 26.2 Å². The van der Waals surface area contributed by atoms with Gasteiger partial charge in [-0.25, -0.2) is 0 Å². The molecule has 1 rings (SSSR count). The maximum absolute atomic E-state index is 12.3. The van der Waals surface area contributed by atoms with Gasteiger partial charge in [0.15, 0.2) is 0 Å². The van der Waals surface area contributed by atoms with Gasteiger partial charge in [-0.3, -0.25) is 9.69 Å². The number of carbonyl (C=O) groups is 1. The molecule has 17 heavy (non-hydrogen) atoms. The van der Waals surface area contributed by atoms with Crippen LogP contribution in [0.3, 0.4) is 0 Å². The molecule has 0 aromatic carbocycles. The number of likely N-dealkylation sites (N-methyl/N-ethyl adjacent to an activating group) is 1. The van der Waals surface area contributed by atoms with Crippen LogP contribution in [0.5, 0.6) is 0 Å². The lowest BCUT2D eigenvalue weighted by atomic mass is 9.91. The maximum atomic E-state index is 12.3. The molecule has 98 valence electrons. The summed E-state index contributed by atoms with van der Waals surface area (Å²) in [5.41, 5.74) is 4.91. The molecule has 0 spiro atoms. The Morgan fingerprint density at radius 2 is 2.06 bits per heavy atom. The molecule has 1 unspecified atom stereocenters. The summed E-state index contributed by atoms with van der Waals surface area (Å²) in [6, 6.07) is 0.403. The van der Waals surface area contributed by atoms with Crippen LogP contribution in [0.15, 0.2) is 0 Å². The minimum Gasteiger partial charge on any atom is -0.392 e. The van der Waals surface area contributed by atoms with Crippen molar-refractivity contribution >= 4 is 23.1 Å². The Balaban J connectivity index is 2.70. The minimum absolute atomic E-state index is 0.0487. The van der Waals surface area contributed by atoms with Gasteiger partial charge in [0, 0.05) is 25.7 Å². The summed E-state index contributed by atoms with van der Waals surface area (Å²) in [5, 5.41) is 0. The number of nitrogens with two attached hydrogens (primary N) is 1. The van der Waals surface area contributed by atoms with Gasteiger partial charge in [0.1, 0.15) is 0 Å². The molecule has 0 saturated carbocycles. The summed E-state index contributed by atoms with van der Waals surface area (Å²) in [6.45, 7) is 11.4. The molecule has 1 heterocycles. The summed E-state index contributed by atoms with van der Waals surface area (Å²) in [5.74, 6) is 0.0487. The van der Waals surface area contributed by atoms with Gasteiger partial charge in [0.2, 0.25) is 5.91 Å².